The molecule has 29 heavy (non-hydrogen) atoms. The number of hydrogen-bond donors (Lipinski definition) is 2. The highest BCUT2D eigenvalue weighted by Gasteiger charge is 2.09. The van der Waals surface area contributed by atoms with Crippen LogP contribution in [0.25, 0.3) is 0 Å². The van der Waals surface area contributed by atoms with Gasteiger partial charge in [0.1, 0.15) is 0 Å². The lowest BCUT2D eigenvalue weighted by atomic mass is 10.2. The average molecular weight is 435 g/mol. The molecular formula is C21H24Cl2N4O2. The van der Waals surface area contributed by atoms with Gasteiger partial charge in [-0.15, -0.1) is 0 Å². The first-order chi connectivity index (χ1) is 13.9. The Labute approximate surface area is 180 Å². The van der Waals surface area contributed by atoms with Crippen molar-refractivity contribution in [2.75, 3.05) is 23.3 Å². The number of rotatable bonds is 9. The molecule has 0 atom stereocenters. The monoisotopic (exact) mass is 434 g/mol. The smallest absolute Gasteiger partial charge is 0.240 e. The summed E-state index contributed by atoms with van der Waals surface area (Å²) in [6.07, 6.45) is 1.59. The minimum Gasteiger partial charge on any atom is -0.372 e. The zero-order chi connectivity index (χ0) is 21.2. The van der Waals surface area contributed by atoms with Crippen LogP contribution in [0.15, 0.2) is 47.6 Å². The Hall–Kier alpha value is -2.57. The summed E-state index contributed by atoms with van der Waals surface area (Å²) in [7, 11) is 0. The lowest BCUT2D eigenvalue weighted by molar-refractivity contribution is -0.124. The number of halogens is 2. The van der Waals surface area contributed by atoms with Crippen LogP contribution < -0.4 is 15.6 Å². The maximum Gasteiger partial charge on any atom is 0.240 e. The van der Waals surface area contributed by atoms with E-state index < -0.39 is 0 Å². The number of benzene rings is 2. The predicted molar refractivity (Wildman–Crippen MR) is 120 cm³/mol. The van der Waals surface area contributed by atoms with Gasteiger partial charge in [0.05, 0.1) is 16.9 Å². The standard InChI is InChI=1S/C21H24Cl2N4O2/c1-3-27(4-2)17-8-5-15(6-9-17)14-24-26-21(29)12-11-20(28)25-19-10-7-16(22)13-18(19)23/h5-10,13-14H,3-4,11-12H2,1-2H3,(H,25,28)(H,26,29)/b24-14-. The first-order valence-electron chi connectivity index (χ1n) is 9.34. The maximum atomic E-state index is 12.0. The first-order valence-corrected chi connectivity index (χ1v) is 10.1. The molecule has 6 nitrogen and oxygen atoms in total. The topological polar surface area (TPSA) is 73.8 Å². The Morgan fingerprint density at radius 3 is 2.28 bits per heavy atom. The zero-order valence-corrected chi connectivity index (χ0v) is 17.9. The van der Waals surface area contributed by atoms with Crippen molar-refractivity contribution < 1.29 is 9.59 Å². The van der Waals surface area contributed by atoms with Gasteiger partial charge in [0.25, 0.3) is 0 Å². The van der Waals surface area contributed by atoms with Crippen LogP contribution in [0.1, 0.15) is 32.3 Å². The molecule has 2 amide bonds. The number of nitrogens with zero attached hydrogens (tertiary/aromatic N) is 2. The maximum absolute atomic E-state index is 12.0. The van der Waals surface area contributed by atoms with Gasteiger partial charge in [-0.25, -0.2) is 5.43 Å². The van der Waals surface area contributed by atoms with E-state index in [9.17, 15) is 9.59 Å². The van der Waals surface area contributed by atoms with Gasteiger partial charge in [0, 0.05) is 36.6 Å². The molecule has 0 aromatic heterocycles. The fourth-order valence-electron chi connectivity index (χ4n) is 2.63. The van der Waals surface area contributed by atoms with Crippen LogP contribution in [0, 0.1) is 0 Å². The number of carbonyl (C=O) groups excluding carboxylic acids is 2. The van der Waals surface area contributed by atoms with E-state index in [2.05, 4.69) is 34.6 Å². The first kappa shape index (κ1) is 22.7. The highest BCUT2D eigenvalue weighted by molar-refractivity contribution is 6.36. The van der Waals surface area contributed by atoms with Crippen LogP contribution in [0.5, 0.6) is 0 Å². The molecule has 2 rings (SSSR count). The number of hydrogen-bond acceptors (Lipinski definition) is 4. The molecule has 0 saturated heterocycles. The third-order valence-electron chi connectivity index (χ3n) is 4.21. The molecule has 0 aliphatic carbocycles. The molecule has 2 N–H and O–H groups in total. The molecule has 154 valence electrons. The number of hydrazone groups is 1. The molecule has 0 spiro atoms. The molecular weight excluding hydrogens is 411 g/mol. The lowest BCUT2D eigenvalue weighted by Gasteiger charge is -2.20. The zero-order valence-electron chi connectivity index (χ0n) is 16.4. The van der Waals surface area contributed by atoms with Gasteiger partial charge >= 0.3 is 0 Å². The van der Waals surface area contributed by atoms with Crippen molar-refractivity contribution in [1.29, 1.82) is 0 Å². The Morgan fingerprint density at radius 1 is 1.00 bits per heavy atom. The van der Waals surface area contributed by atoms with Gasteiger partial charge in [0.2, 0.25) is 11.8 Å². The molecule has 0 saturated carbocycles. The largest absolute Gasteiger partial charge is 0.372 e. The fourth-order valence-corrected chi connectivity index (χ4v) is 3.08. The predicted octanol–water partition coefficient (Wildman–Crippen LogP) is 4.71. The van der Waals surface area contributed by atoms with E-state index in [4.69, 9.17) is 23.2 Å². The second-order valence-electron chi connectivity index (χ2n) is 6.23. The molecule has 0 fully saturated rings. The van der Waals surface area contributed by atoms with Crippen LogP contribution in [0.4, 0.5) is 11.4 Å². The molecule has 0 aliphatic heterocycles. The summed E-state index contributed by atoms with van der Waals surface area (Å²) >= 11 is 11.8. The second-order valence-corrected chi connectivity index (χ2v) is 7.07. The van der Waals surface area contributed by atoms with E-state index in [1.54, 1.807) is 18.3 Å². The van der Waals surface area contributed by atoms with Crippen LogP contribution in [0.3, 0.4) is 0 Å². The van der Waals surface area contributed by atoms with Crippen molar-refractivity contribution >= 4 is 52.6 Å². The summed E-state index contributed by atoms with van der Waals surface area (Å²) in [4.78, 5) is 26.1. The Balaban J connectivity index is 1.77. The SMILES string of the molecule is CCN(CC)c1ccc(/C=N\NC(=O)CCC(=O)Nc2ccc(Cl)cc2Cl)cc1. The molecule has 2 aromatic rings. The van der Waals surface area contributed by atoms with Gasteiger partial charge in [-0.3, -0.25) is 9.59 Å². The van der Waals surface area contributed by atoms with Crippen LogP contribution in [-0.2, 0) is 9.59 Å². The van der Waals surface area contributed by atoms with Gasteiger partial charge in [-0.2, -0.15) is 5.10 Å². The van der Waals surface area contributed by atoms with Crippen molar-refractivity contribution in [3.8, 4) is 0 Å². The van der Waals surface area contributed by atoms with E-state index in [0.29, 0.717) is 15.7 Å². The Morgan fingerprint density at radius 2 is 1.66 bits per heavy atom. The van der Waals surface area contributed by atoms with Crippen molar-refractivity contribution in [2.24, 2.45) is 5.10 Å². The van der Waals surface area contributed by atoms with Gasteiger partial charge < -0.3 is 10.2 Å². The minimum atomic E-state index is -0.349. The third kappa shape index (κ3) is 7.40. The third-order valence-corrected chi connectivity index (χ3v) is 4.76. The summed E-state index contributed by atoms with van der Waals surface area (Å²) < 4.78 is 0. The van der Waals surface area contributed by atoms with E-state index in [1.165, 1.54) is 6.07 Å². The molecule has 0 bridgehead atoms. The van der Waals surface area contributed by atoms with Crippen molar-refractivity contribution in [3.05, 3.63) is 58.1 Å². The van der Waals surface area contributed by atoms with Crippen LogP contribution in [0.2, 0.25) is 10.0 Å². The summed E-state index contributed by atoms with van der Waals surface area (Å²) in [5, 5.41) is 7.40. The van der Waals surface area contributed by atoms with E-state index in [0.717, 1.165) is 24.3 Å². The van der Waals surface area contributed by atoms with E-state index in [1.807, 2.05) is 24.3 Å². The van der Waals surface area contributed by atoms with Crippen molar-refractivity contribution in [1.82, 2.24) is 5.43 Å². The molecule has 0 aliphatic rings. The Kier molecular flexibility index (Phi) is 8.96. The fraction of sp³-hybridized carbons (Fsp3) is 0.286. The molecule has 0 radical (unpaired) electrons. The van der Waals surface area contributed by atoms with Gasteiger partial charge in [-0.1, -0.05) is 35.3 Å². The highest BCUT2D eigenvalue weighted by Crippen LogP contribution is 2.25. The normalized spacial score (nSPS) is 10.8. The molecule has 8 heteroatoms. The number of amides is 2. The number of carbonyl (C=O) groups is 2. The lowest BCUT2D eigenvalue weighted by Crippen LogP contribution is -2.21. The highest BCUT2D eigenvalue weighted by atomic mass is 35.5. The molecule has 0 heterocycles. The number of anilines is 2. The average Bonchev–Trinajstić information content (AvgIpc) is 2.70. The number of nitrogens with one attached hydrogen (secondary N) is 2. The van der Waals surface area contributed by atoms with E-state index in [-0.39, 0.29) is 24.7 Å². The van der Waals surface area contributed by atoms with Gasteiger partial charge in [-0.05, 0) is 49.7 Å². The van der Waals surface area contributed by atoms with Gasteiger partial charge in [0.15, 0.2) is 0 Å². The molecule has 2 aromatic carbocycles. The quantitative estimate of drug-likeness (QED) is 0.443. The molecule has 0 unspecified atom stereocenters. The second kappa shape index (κ2) is 11.4. The summed E-state index contributed by atoms with van der Waals surface area (Å²) in [5.41, 5.74) is 4.89. The van der Waals surface area contributed by atoms with Crippen molar-refractivity contribution in [3.63, 3.8) is 0 Å². The minimum absolute atomic E-state index is 0.00921. The summed E-state index contributed by atoms with van der Waals surface area (Å²) in [6, 6.07) is 12.7. The van der Waals surface area contributed by atoms with Crippen LogP contribution >= 0.6 is 23.2 Å². The van der Waals surface area contributed by atoms with Crippen molar-refractivity contribution in [2.45, 2.75) is 26.7 Å². The van der Waals surface area contributed by atoms with E-state index >= 15 is 0 Å². The van der Waals surface area contributed by atoms with Crippen LogP contribution in [-0.4, -0.2) is 31.1 Å². The summed E-state index contributed by atoms with van der Waals surface area (Å²) in [5.74, 6) is -0.668. The summed E-state index contributed by atoms with van der Waals surface area (Å²) in [6.45, 7) is 6.10. The Bertz CT molecular complexity index is 865.